The largest absolute Gasteiger partial charge is 0.340 e. The van der Waals surface area contributed by atoms with Gasteiger partial charge in [-0.2, -0.15) is 0 Å². The fourth-order valence-corrected chi connectivity index (χ4v) is 2.44. The molecule has 2 rings (SSSR count). The van der Waals surface area contributed by atoms with Gasteiger partial charge in [-0.15, -0.1) is 12.4 Å². The monoisotopic (exact) mass is 311 g/mol. The maximum absolute atomic E-state index is 12.1. The van der Waals surface area contributed by atoms with Gasteiger partial charge in [-0.05, 0) is 19.5 Å². The SMILES string of the molecule is Cc1ccc(CN(C)CCC(=O)N2CCNCC2)cc1.Cl. The van der Waals surface area contributed by atoms with Crippen LogP contribution in [0.1, 0.15) is 17.5 Å². The number of nitrogens with one attached hydrogen (secondary N) is 1. The average molecular weight is 312 g/mol. The highest BCUT2D eigenvalue weighted by molar-refractivity contribution is 5.85. The van der Waals surface area contributed by atoms with Crippen molar-refractivity contribution in [1.29, 1.82) is 0 Å². The van der Waals surface area contributed by atoms with Crippen LogP contribution in [0.4, 0.5) is 0 Å². The van der Waals surface area contributed by atoms with E-state index in [9.17, 15) is 4.79 Å². The number of halogens is 1. The first-order chi connectivity index (χ1) is 9.65. The fraction of sp³-hybridized carbons (Fsp3) is 0.562. The van der Waals surface area contributed by atoms with Crippen LogP contribution in [0.5, 0.6) is 0 Å². The van der Waals surface area contributed by atoms with Crippen molar-refractivity contribution in [3.05, 3.63) is 35.4 Å². The minimum atomic E-state index is 0. The second-order valence-corrected chi connectivity index (χ2v) is 5.60. The summed E-state index contributed by atoms with van der Waals surface area (Å²) in [5.74, 6) is 0.280. The van der Waals surface area contributed by atoms with E-state index < -0.39 is 0 Å². The maximum Gasteiger partial charge on any atom is 0.223 e. The first-order valence-electron chi connectivity index (χ1n) is 7.38. The van der Waals surface area contributed by atoms with Gasteiger partial charge in [0.05, 0.1) is 0 Å². The molecular formula is C16H26ClN3O. The highest BCUT2D eigenvalue weighted by atomic mass is 35.5. The maximum atomic E-state index is 12.1. The van der Waals surface area contributed by atoms with Gasteiger partial charge in [0.25, 0.3) is 0 Å². The molecule has 1 heterocycles. The Balaban J connectivity index is 0.00000220. The first-order valence-corrected chi connectivity index (χ1v) is 7.38. The van der Waals surface area contributed by atoms with E-state index in [4.69, 9.17) is 0 Å². The first kappa shape index (κ1) is 18.0. The lowest BCUT2D eigenvalue weighted by Crippen LogP contribution is -2.47. The van der Waals surface area contributed by atoms with Crippen molar-refractivity contribution >= 4 is 18.3 Å². The molecule has 21 heavy (non-hydrogen) atoms. The molecule has 1 fully saturated rings. The van der Waals surface area contributed by atoms with Crippen LogP contribution in [-0.2, 0) is 11.3 Å². The van der Waals surface area contributed by atoms with Crippen LogP contribution in [0.3, 0.4) is 0 Å². The molecule has 1 amide bonds. The molecule has 0 spiro atoms. The van der Waals surface area contributed by atoms with Crippen LogP contribution >= 0.6 is 12.4 Å². The summed E-state index contributed by atoms with van der Waals surface area (Å²) < 4.78 is 0. The number of nitrogens with zero attached hydrogens (tertiary/aromatic N) is 2. The molecule has 0 atom stereocenters. The molecule has 0 aliphatic carbocycles. The van der Waals surface area contributed by atoms with E-state index in [1.165, 1.54) is 11.1 Å². The Morgan fingerprint density at radius 1 is 1.24 bits per heavy atom. The molecule has 0 unspecified atom stereocenters. The van der Waals surface area contributed by atoms with Crippen LogP contribution in [0.2, 0.25) is 0 Å². The number of carbonyl (C=O) groups excluding carboxylic acids is 1. The number of amides is 1. The van der Waals surface area contributed by atoms with Crippen LogP contribution in [-0.4, -0.2) is 55.5 Å². The van der Waals surface area contributed by atoms with Crippen molar-refractivity contribution < 1.29 is 4.79 Å². The van der Waals surface area contributed by atoms with Gasteiger partial charge in [-0.25, -0.2) is 0 Å². The van der Waals surface area contributed by atoms with E-state index in [0.29, 0.717) is 6.42 Å². The molecule has 1 N–H and O–H groups in total. The second-order valence-electron chi connectivity index (χ2n) is 5.60. The number of benzene rings is 1. The Labute approximate surface area is 133 Å². The van der Waals surface area contributed by atoms with Crippen molar-refractivity contribution in [2.45, 2.75) is 19.9 Å². The lowest BCUT2D eigenvalue weighted by molar-refractivity contribution is -0.132. The number of piperazine rings is 1. The normalized spacial score (nSPS) is 14.9. The minimum absolute atomic E-state index is 0. The highest BCUT2D eigenvalue weighted by Crippen LogP contribution is 2.06. The predicted octanol–water partition coefficient (Wildman–Crippen LogP) is 1.67. The Morgan fingerprint density at radius 2 is 1.86 bits per heavy atom. The van der Waals surface area contributed by atoms with E-state index in [2.05, 4.69) is 48.5 Å². The van der Waals surface area contributed by atoms with E-state index in [0.717, 1.165) is 39.3 Å². The third-order valence-electron chi connectivity index (χ3n) is 3.75. The topological polar surface area (TPSA) is 35.6 Å². The highest BCUT2D eigenvalue weighted by Gasteiger charge is 2.16. The zero-order valence-electron chi connectivity index (χ0n) is 13.0. The van der Waals surface area contributed by atoms with Crippen molar-refractivity contribution in [3.8, 4) is 0 Å². The predicted molar refractivity (Wildman–Crippen MR) is 88.8 cm³/mol. The summed E-state index contributed by atoms with van der Waals surface area (Å²) >= 11 is 0. The standard InChI is InChI=1S/C16H25N3O.ClH/c1-14-3-5-15(6-4-14)13-18(2)10-7-16(20)19-11-8-17-9-12-19;/h3-6,17H,7-13H2,1-2H3;1H. The quantitative estimate of drug-likeness (QED) is 0.898. The molecule has 0 bridgehead atoms. The fourth-order valence-electron chi connectivity index (χ4n) is 2.44. The van der Waals surface area contributed by atoms with Gasteiger partial charge in [0.2, 0.25) is 5.91 Å². The molecule has 118 valence electrons. The Kier molecular flexibility index (Phi) is 7.72. The second kappa shape index (κ2) is 9.03. The molecule has 1 aliphatic heterocycles. The summed E-state index contributed by atoms with van der Waals surface area (Å²) in [6.45, 7) is 7.35. The molecule has 0 radical (unpaired) electrons. The Hall–Kier alpha value is -1.10. The number of hydrogen-bond donors (Lipinski definition) is 1. The van der Waals surface area contributed by atoms with Gasteiger partial charge in [0.15, 0.2) is 0 Å². The number of aryl methyl sites for hydroxylation is 1. The van der Waals surface area contributed by atoms with Gasteiger partial charge < -0.3 is 15.1 Å². The lowest BCUT2D eigenvalue weighted by atomic mass is 10.1. The molecule has 5 heteroatoms. The van der Waals surface area contributed by atoms with Crippen LogP contribution in [0, 0.1) is 6.92 Å². The smallest absolute Gasteiger partial charge is 0.223 e. The van der Waals surface area contributed by atoms with Gasteiger partial charge in [-0.3, -0.25) is 4.79 Å². The molecule has 1 aliphatic rings. The van der Waals surface area contributed by atoms with Crippen molar-refractivity contribution in [3.63, 3.8) is 0 Å². The summed E-state index contributed by atoms with van der Waals surface area (Å²) in [6, 6.07) is 8.58. The van der Waals surface area contributed by atoms with Crippen molar-refractivity contribution in [2.75, 3.05) is 39.8 Å². The van der Waals surface area contributed by atoms with Crippen molar-refractivity contribution in [1.82, 2.24) is 15.1 Å². The van der Waals surface area contributed by atoms with Gasteiger partial charge in [0, 0.05) is 45.7 Å². The summed E-state index contributed by atoms with van der Waals surface area (Å²) in [5, 5.41) is 3.27. The van der Waals surface area contributed by atoms with Crippen LogP contribution in [0.25, 0.3) is 0 Å². The summed E-state index contributed by atoms with van der Waals surface area (Å²) in [4.78, 5) is 16.3. The summed E-state index contributed by atoms with van der Waals surface area (Å²) in [6.07, 6.45) is 0.613. The molecule has 1 saturated heterocycles. The summed E-state index contributed by atoms with van der Waals surface area (Å²) in [7, 11) is 2.07. The van der Waals surface area contributed by atoms with Crippen molar-refractivity contribution in [2.24, 2.45) is 0 Å². The average Bonchev–Trinajstić information content (AvgIpc) is 2.48. The van der Waals surface area contributed by atoms with E-state index in [1.807, 2.05) is 4.90 Å². The molecule has 1 aromatic rings. The van der Waals surface area contributed by atoms with Gasteiger partial charge >= 0.3 is 0 Å². The third kappa shape index (κ3) is 6.04. The minimum Gasteiger partial charge on any atom is -0.340 e. The third-order valence-corrected chi connectivity index (χ3v) is 3.75. The van der Waals surface area contributed by atoms with E-state index in [1.54, 1.807) is 0 Å². The number of rotatable bonds is 5. The number of carbonyl (C=O) groups is 1. The summed E-state index contributed by atoms with van der Waals surface area (Å²) in [5.41, 5.74) is 2.58. The molecule has 0 aromatic heterocycles. The molecule has 1 aromatic carbocycles. The lowest BCUT2D eigenvalue weighted by Gasteiger charge is -2.28. The molecule has 0 saturated carbocycles. The molecular weight excluding hydrogens is 286 g/mol. The van der Waals surface area contributed by atoms with Crippen LogP contribution < -0.4 is 5.32 Å². The Morgan fingerprint density at radius 3 is 2.48 bits per heavy atom. The van der Waals surface area contributed by atoms with Gasteiger partial charge in [-0.1, -0.05) is 29.8 Å². The zero-order chi connectivity index (χ0) is 14.4. The Bertz CT molecular complexity index is 430. The zero-order valence-corrected chi connectivity index (χ0v) is 13.8. The van der Waals surface area contributed by atoms with Gasteiger partial charge in [0.1, 0.15) is 0 Å². The number of hydrogen-bond acceptors (Lipinski definition) is 3. The van der Waals surface area contributed by atoms with E-state index in [-0.39, 0.29) is 18.3 Å². The van der Waals surface area contributed by atoms with Crippen LogP contribution in [0.15, 0.2) is 24.3 Å². The molecule has 4 nitrogen and oxygen atoms in total. The van der Waals surface area contributed by atoms with E-state index >= 15 is 0 Å².